The summed E-state index contributed by atoms with van der Waals surface area (Å²) in [5.41, 5.74) is 0. The van der Waals surface area contributed by atoms with Crippen LogP contribution in [-0.4, -0.2) is 30.9 Å². The summed E-state index contributed by atoms with van der Waals surface area (Å²) in [6, 6.07) is 0. The molecule has 0 saturated carbocycles. The van der Waals surface area contributed by atoms with Crippen LogP contribution in [0.3, 0.4) is 0 Å². The van der Waals surface area contributed by atoms with Crippen molar-refractivity contribution < 1.29 is 23.8 Å². The Morgan fingerprint density at radius 1 is 1.29 bits per heavy atom. The monoisotopic (exact) mass is 202 g/mol. The molecule has 5 heteroatoms. The molecule has 0 aromatic carbocycles. The van der Waals surface area contributed by atoms with Gasteiger partial charge in [-0.05, 0) is 6.42 Å². The Balaban J connectivity index is 2.20. The highest BCUT2D eigenvalue weighted by Gasteiger charge is 2.27. The van der Waals surface area contributed by atoms with Crippen LogP contribution in [0, 0.1) is 0 Å². The molecule has 1 rings (SSSR count). The molecule has 14 heavy (non-hydrogen) atoms. The van der Waals surface area contributed by atoms with Crippen molar-refractivity contribution in [1.29, 1.82) is 0 Å². The van der Waals surface area contributed by atoms with E-state index >= 15 is 0 Å². The van der Waals surface area contributed by atoms with Gasteiger partial charge in [0.25, 0.3) is 0 Å². The second-order valence-corrected chi connectivity index (χ2v) is 3.18. The third-order valence-electron chi connectivity index (χ3n) is 1.84. The Bertz CT molecular complexity index is 225. The summed E-state index contributed by atoms with van der Waals surface area (Å²) in [7, 11) is 0. The van der Waals surface area contributed by atoms with Crippen molar-refractivity contribution in [2.75, 3.05) is 6.61 Å². The van der Waals surface area contributed by atoms with Crippen LogP contribution in [0.5, 0.6) is 0 Å². The normalized spacial score (nSPS) is 25.9. The highest BCUT2D eigenvalue weighted by Crippen LogP contribution is 2.20. The molecule has 5 nitrogen and oxygen atoms in total. The SMILES string of the molecule is CC(=O)OC[C@@H]1CC[C@@H](OC(C)=O)O1. The zero-order valence-corrected chi connectivity index (χ0v) is 8.32. The standard InChI is InChI=1S/C9H14O5/c1-6(10)12-5-8-3-4-9(14-8)13-7(2)11/h8-9H,3-5H2,1-2H3/t8-,9-/m0/s1. The van der Waals surface area contributed by atoms with Crippen LogP contribution in [0.2, 0.25) is 0 Å². The van der Waals surface area contributed by atoms with E-state index in [4.69, 9.17) is 14.2 Å². The van der Waals surface area contributed by atoms with Crippen LogP contribution in [0.15, 0.2) is 0 Å². The zero-order chi connectivity index (χ0) is 10.6. The molecule has 1 heterocycles. The first-order valence-electron chi connectivity index (χ1n) is 4.54. The van der Waals surface area contributed by atoms with Crippen molar-refractivity contribution in [2.24, 2.45) is 0 Å². The van der Waals surface area contributed by atoms with Crippen molar-refractivity contribution in [3.8, 4) is 0 Å². The molecule has 0 bridgehead atoms. The van der Waals surface area contributed by atoms with Gasteiger partial charge in [0.1, 0.15) is 6.61 Å². The molecular weight excluding hydrogens is 188 g/mol. The van der Waals surface area contributed by atoms with Gasteiger partial charge in [-0.2, -0.15) is 0 Å². The fraction of sp³-hybridized carbons (Fsp3) is 0.778. The van der Waals surface area contributed by atoms with Crippen LogP contribution in [0.25, 0.3) is 0 Å². The number of ether oxygens (including phenoxy) is 3. The Labute approximate surface area is 82.3 Å². The van der Waals surface area contributed by atoms with E-state index in [0.29, 0.717) is 6.42 Å². The van der Waals surface area contributed by atoms with E-state index in [1.165, 1.54) is 13.8 Å². The third-order valence-corrected chi connectivity index (χ3v) is 1.84. The van der Waals surface area contributed by atoms with E-state index in [0.717, 1.165) is 6.42 Å². The largest absolute Gasteiger partial charge is 0.463 e. The Hall–Kier alpha value is -1.10. The Morgan fingerprint density at radius 3 is 2.57 bits per heavy atom. The van der Waals surface area contributed by atoms with Gasteiger partial charge in [0, 0.05) is 20.3 Å². The minimum Gasteiger partial charge on any atom is -0.463 e. The molecule has 2 atom stereocenters. The van der Waals surface area contributed by atoms with Crippen molar-refractivity contribution in [3.63, 3.8) is 0 Å². The van der Waals surface area contributed by atoms with Gasteiger partial charge in [0.2, 0.25) is 6.29 Å². The summed E-state index contributed by atoms with van der Waals surface area (Å²) < 4.78 is 14.9. The lowest BCUT2D eigenvalue weighted by molar-refractivity contribution is -0.177. The molecule has 0 radical (unpaired) electrons. The lowest BCUT2D eigenvalue weighted by Gasteiger charge is -2.12. The summed E-state index contributed by atoms with van der Waals surface area (Å²) >= 11 is 0. The maximum absolute atomic E-state index is 10.6. The Kier molecular flexibility index (Phi) is 3.88. The Morgan fingerprint density at radius 2 is 2.00 bits per heavy atom. The summed E-state index contributed by atoms with van der Waals surface area (Å²) in [6.07, 6.45) is 0.771. The minimum atomic E-state index is -0.479. The molecule has 0 amide bonds. The molecule has 1 saturated heterocycles. The van der Waals surface area contributed by atoms with Crippen molar-refractivity contribution in [1.82, 2.24) is 0 Å². The van der Waals surface area contributed by atoms with E-state index in [1.54, 1.807) is 0 Å². The smallest absolute Gasteiger partial charge is 0.304 e. The first-order chi connectivity index (χ1) is 6.58. The lowest BCUT2D eigenvalue weighted by atomic mass is 10.2. The summed E-state index contributed by atoms with van der Waals surface area (Å²) in [4.78, 5) is 21.1. The quantitative estimate of drug-likeness (QED) is 0.628. The summed E-state index contributed by atoms with van der Waals surface area (Å²) in [6.45, 7) is 2.91. The predicted octanol–water partition coefficient (Wildman–Crippen LogP) is 0.618. The van der Waals surface area contributed by atoms with Gasteiger partial charge in [-0.3, -0.25) is 9.59 Å². The number of rotatable bonds is 3. The lowest BCUT2D eigenvalue weighted by Crippen LogP contribution is -2.21. The number of carbonyl (C=O) groups excluding carboxylic acids is 2. The molecule has 80 valence electrons. The molecule has 0 N–H and O–H groups in total. The molecule has 0 aromatic rings. The second kappa shape index (κ2) is 4.95. The topological polar surface area (TPSA) is 61.8 Å². The first-order valence-corrected chi connectivity index (χ1v) is 4.54. The van der Waals surface area contributed by atoms with Gasteiger partial charge >= 0.3 is 11.9 Å². The fourth-order valence-corrected chi connectivity index (χ4v) is 1.28. The number of carbonyl (C=O) groups is 2. The molecular formula is C9H14O5. The van der Waals surface area contributed by atoms with Crippen LogP contribution in [0.4, 0.5) is 0 Å². The minimum absolute atomic E-state index is 0.150. The van der Waals surface area contributed by atoms with Crippen LogP contribution in [-0.2, 0) is 23.8 Å². The number of esters is 2. The van der Waals surface area contributed by atoms with Gasteiger partial charge in [-0.25, -0.2) is 0 Å². The van der Waals surface area contributed by atoms with Crippen molar-refractivity contribution in [3.05, 3.63) is 0 Å². The van der Waals surface area contributed by atoms with Gasteiger partial charge in [-0.1, -0.05) is 0 Å². The van der Waals surface area contributed by atoms with Gasteiger partial charge in [0.05, 0.1) is 6.10 Å². The zero-order valence-electron chi connectivity index (χ0n) is 8.32. The highest BCUT2D eigenvalue weighted by atomic mass is 16.7. The highest BCUT2D eigenvalue weighted by molar-refractivity contribution is 5.66. The molecule has 1 aliphatic heterocycles. The summed E-state index contributed by atoms with van der Waals surface area (Å²) in [5.74, 6) is -0.687. The first kappa shape index (κ1) is 11.0. The maximum Gasteiger partial charge on any atom is 0.304 e. The van der Waals surface area contributed by atoms with Crippen LogP contribution >= 0.6 is 0 Å². The second-order valence-electron chi connectivity index (χ2n) is 3.18. The van der Waals surface area contributed by atoms with E-state index in [-0.39, 0.29) is 24.6 Å². The molecule has 0 aliphatic carbocycles. The average molecular weight is 202 g/mol. The van der Waals surface area contributed by atoms with Gasteiger partial charge in [0.15, 0.2) is 0 Å². The molecule has 0 aromatic heterocycles. The van der Waals surface area contributed by atoms with Gasteiger partial charge in [-0.15, -0.1) is 0 Å². The van der Waals surface area contributed by atoms with Crippen LogP contribution in [0.1, 0.15) is 26.7 Å². The van der Waals surface area contributed by atoms with E-state index < -0.39 is 6.29 Å². The van der Waals surface area contributed by atoms with Crippen molar-refractivity contribution in [2.45, 2.75) is 39.1 Å². The van der Waals surface area contributed by atoms with E-state index in [2.05, 4.69) is 0 Å². The van der Waals surface area contributed by atoms with Crippen molar-refractivity contribution >= 4 is 11.9 Å². The van der Waals surface area contributed by atoms with E-state index in [9.17, 15) is 9.59 Å². The summed E-state index contributed by atoms with van der Waals surface area (Å²) in [5, 5.41) is 0. The molecule has 0 spiro atoms. The molecule has 1 fully saturated rings. The maximum atomic E-state index is 10.6. The predicted molar refractivity (Wildman–Crippen MR) is 46.3 cm³/mol. The number of hydrogen-bond acceptors (Lipinski definition) is 5. The average Bonchev–Trinajstić information content (AvgIpc) is 2.47. The molecule has 1 aliphatic rings. The fourth-order valence-electron chi connectivity index (χ4n) is 1.28. The molecule has 0 unspecified atom stereocenters. The van der Waals surface area contributed by atoms with Gasteiger partial charge < -0.3 is 14.2 Å². The third kappa shape index (κ3) is 3.74. The van der Waals surface area contributed by atoms with Crippen LogP contribution < -0.4 is 0 Å². The number of hydrogen-bond donors (Lipinski definition) is 0. The van der Waals surface area contributed by atoms with E-state index in [1.807, 2.05) is 0 Å².